The van der Waals surface area contributed by atoms with Crippen molar-refractivity contribution in [2.45, 2.75) is 403 Å². The molecule has 0 bridgehead atoms. The van der Waals surface area contributed by atoms with Crippen LogP contribution in [0.2, 0.25) is 0 Å². The third kappa shape index (κ3) is 42.0. The highest BCUT2D eigenvalue weighted by atomic mass is 31.2. The van der Waals surface area contributed by atoms with Crippen molar-refractivity contribution in [2.24, 2.45) is 0 Å². The van der Waals surface area contributed by atoms with Gasteiger partial charge in [-0.05, 0) is 32.1 Å². The van der Waals surface area contributed by atoms with Gasteiger partial charge in [-0.3, -0.25) is 28.5 Å². The maximum absolute atomic E-state index is 14.4. The molecule has 8 N–H and O–H groups in total. The lowest BCUT2D eigenvalue weighted by Gasteiger charge is -2.46. The summed E-state index contributed by atoms with van der Waals surface area (Å²) in [6.45, 7) is 8.52. The van der Waals surface area contributed by atoms with E-state index in [4.69, 9.17) is 37.7 Å². The highest BCUT2D eigenvalue weighted by Gasteiger charge is 2.55. The van der Waals surface area contributed by atoms with E-state index in [1.165, 1.54) is 90.6 Å². The summed E-state index contributed by atoms with van der Waals surface area (Å²) < 4.78 is 59.6. The Kier molecular flexibility index (Phi) is 51.2. The van der Waals surface area contributed by atoms with Crippen LogP contribution in [0.15, 0.2) is 0 Å². The fourth-order valence-electron chi connectivity index (χ4n) is 12.8. The second-order valence-corrected chi connectivity index (χ2v) is 28.4. The predicted octanol–water partition coefficient (Wildman–Crippen LogP) is 13.1. The number of esters is 3. The summed E-state index contributed by atoms with van der Waals surface area (Å²) in [6.07, 6.45) is 21.6. The van der Waals surface area contributed by atoms with Crippen LogP contribution < -0.4 is 10.6 Å². The van der Waals surface area contributed by atoms with E-state index in [2.05, 4.69) is 38.3 Å². The van der Waals surface area contributed by atoms with Gasteiger partial charge in [-0.15, -0.1) is 0 Å². The molecule has 0 aliphatic carbocycles. The number of carboxylic acids is 1. The Labute approximate surface area is 576 Å². The first-order valence-electron chi connectivity index (χ1n) is 37.7. The van der Waals surface area contributed by atoms with Gasteiger partial charge in [0.05, 0.1) is 44.7 Å². The molecule has 2 aliphatic rings. The number of aliphatic hydroxyl groups is 3. The fraction of sp³-hybridized carbons (Fsp3) is 0.917. The van der Waals surface area contributed by atoms with Crippen LogP contribution in [-0.4, -0.2) is 166 Å². The van der Waals surface area contributed by atoms with Crippen LogP contribution in [0.4, 0.5) is 0 Å². The van der Waals surface area contributed by atoms with Gasteiger partial charge in [0.1, 0.15) is 42.6 Å². The molecule has 0 saturated carbocycles. The van der Waals surface area contributed by atoms with Gasteiger partial charge in [-0.1, -0.05) is 259 Å². The lowest BCUT2D eigenvalue weighted by atomic mass is 9.91. The van der Waals surface area contributed by atoms with Gasteiger partial charge in [0.25, 0.3) is 0 Å². The third-order valence-electron chi connectivity index (χ3n) is 18.3. The smallest absolute Gasteiger partial charge is 0.470 e. The van der Waals surface area contributed by atoms with E-state index in [0.717, 1.165) is 142 Å². The zero-order chi connectivity index (χ0) is 70.8. The van der Waals surface area contributed by atoms with Crippen LogP contribution in [0, 0.1) is 0 Å². The summed E-state index contributed by atoms with van der Waals surface area (Å²) in [5.41, 5.74) is 0. The average molecular weight is 1390 g/mol. The van der Waals surface area contributed by atoms with Crippen LogP contribution in [0.25, 0.3) is 0 Å². The van der Waals surface area contributed by atoms with Crippen molar-refractivity contribution >= 4 is 43.5 Å². The van der Waals surface area contributed by atoms with Gasteiger partial charge in [-0.2, -0.15) is 0 Å². The highest BCUT2D eigenvalue weighted by Crippen LogP contribution is 2.43. The zero-order valence-corrected chi connectivity index (χ0v) is 60.9. The van der Waals surface area contributed by atoms with Crippen LogP contribution in [0.1, 0.15) is 324 Å². The number of hydrogen-bond donors (Lipinski definition) is 8. The number of nitrogens with one attached hydrogen (secondary N) is 2. The number of methoxy groups -OCH3 is 1. The van der Waals surface area contributed by atoms with Crippen molar-refractivity contribution in [3.8, 4) is 0 Å². The number of aliphatic carboxylic acids is 1. The Bertz CT molecular complexity index is 2090. The molecule has 2 saturated heterocycles. The van der Waals surface area contributed by atoms with E-state index in [9.17, 15) is 63.5 Å². The maximum Gasteiger partial charge on any atom is 0.470 e. The zero-order valence-electron chi connectivity index (χ0n) is 60.0. The quantitative estimate of drug-likeness (QED) is 0.0121. The number of ether oxygens (including phenoxy) is 7. The standard InChI is InChI=1S/C72H133N2O21P/c1-7-11-15-19-23-27-28-32-36-40-44-48-61(79)90-57(47-43-39-35-31-26-22-18-14-10-4)51-63(81)94-69-65(73-54(5)75)72(92-59(52-88-6)67(69)95-96(85,86)87)89-53-58-66(82)68(93-62(80)50-56(77)46-42-38-34-30-25-21-17-13-9-3)64(70(91-58)71(83)84)74-60(78)49-55(76)45-41-37-33-29-24-20-16-12-8-2/h55-59,64-70,72,76-77,82H,7-53H2,1-6H3,(H,73,75)(H,74,78)(H,83,84)(H2,85,86,87)/t55-,56-,57-,58-,59-,64-,65-,66-,67-,68-,69-,70+,72-/m1/s1. The summed E-state index contributed by atoms with van der Waals surface area (Å²) in [4.78, 5) is 102. The molecular weight excluding hydrogens is 1260 g/mol. The Hall–Kier alpha value is -3.35. The molecule has 2 amide bonds. The number of carboxylic acid groups (broad SMARTS) is 1. The second-order valence-electron chi connectivity index (χ2n) is 27.2. The number of amides is 2. The van der Waals surface area contributed by atoms with Crippen LogP contribution >= 0.6 is 7.82 Å². The van der Waals surface area contributed by atoms with Crippen molar-refractivity contribution in [3.05, 3.63) is 0 Å². The van der Waals surface area contributed by atoms with Crippen molar-refractivity contribution in [2.75, 3.05) is 20.3 Å². The van der Waals surface area contributed by atoms with E-state index < -0.39 is 155 Å². The normalized spacial score (nSPS) is 22.2. The number of unbranched alkanes of at least 4 members (excludes halogenated alkanes) is 34. The van der Waals surface area contributed by atoms with Gasteiger partial charge in [0, 0.05) is 20.5 Å². The van der Waals surface area contributed by atoms with Crippen molar-refractivity contribution < 1.29 is 101 Å². The van der Waals surface area contributed by atoms with E-state index in [1.54, 1.807) is 0 Å². The molecule has 0 spiro atoms. The molecule has 13 atom stereocenters. The summed E-state index contributed by atoms with van der Waals surface area (Å²) in [6, 6.07) is -3.41. The number of carbonyl (C=O) groups is 6. The first kappa shape index (κ1) is 88.7. The van der Waals surface area contributed by atoms with Gasteiger partial charge in [0.15, 0.2) is 24.6 Å². The number of aliphatic hydroxyl groups excluding tert-OH is 3. The molecule has 24 heteroatoms. The number of carbonyl (C=O) groups excluding carboxylic acids is 5. The second kappa shape index (κ2) is 55.3. The molecule has 2 heterocycles. The molecular formula is C72H133N2O21P. The van der Waals surface area contributed by atoms with Crippen molar-refractivity contribution in [1.29, 1.82) is 0 Å². The average Bonchev–Trinajstić information content (AvgIpc) is 0.787. The molecule has 23 nitrogen and oxygen atoms in total. The monoisotopic (exact) mass is 1390 g/mol. The molecule has 2 fully saturated rings. The molecule has 2 rings (SSSR count). The Morgan fingerprint density at radius 2 is 0.896 bits per heavy atom. The first-order chi connectivity index (χ1) is 46.2. The first-order valence-corrected chi connectivity index (χ1v) is 39.3. The number of phosphoric ester groups is 1. The number of phosphoric acid groups is 1. The number of rotatable bonds is 61. The molecule has 562 valence electrons. The van der Waals surface area contributed by atoms with E-state index in [-0.39, 0.29) is 12.8 Å². The fourth-order valence-corrected chi connectivity index (χ4v) is 13.4. The lowest BCUT2D eigenvalue weighted by Crippen LogP contribution is -2.68. The molecule has 0 aromatic rings. The molecule has 0 radical (unpaired) electrons. The van der Waals surface area contributed by atoms with Crippen LogP contribution in [-0.2, 0) is 71.0 Å². The minimum atomic E-state index is -5.46. The summed E-state index contributed by atoms with van der Waals surface area (Å²) >= 11 is 0. The van der Waals surface area contributed by atoms with Crippen molar-refractivity contribution in [3.63, 3.8) is 0 Å². The van der Waals surface area contributed by atoms with E-state index in [0.29, 0.717) is 38.5 Å². The Morgan fingerprint density at radius 1 is 0.479 bits per heavy atom. The summed E-state index contributed by atoms with van der Waals surface area (Å²) in [5.74, 6) is -5.72. The topological polar surface area (TPSA) is 339 Å². The molecule has 0 unspecified atom stereocenters. The van der Waals surface area contributed by atoms with Gasteiger partial charge < -0.3 is 74.0 Å². The lowest BCUT2D eigenvalue weighted by molar-refractivity contribution is -0.286. The molecule has 0 aromatic carbocycles. The SMILES string of the molecule is CCCCCCCCCCCCCC(=O)O[C@H](CCCCCCCCCCC)CC(=O)O[C@@H]1[C@@H](NC(C)=O)[C@H](OC[C@H]2O[C@H](C(=O)O)[C@H](NC(=O)C[C@H](O)CCCCCCCCCCC)[C@@H](OC(=O)C[C@H](O)CCCCCCCCCCC)[C@@H]2O)O[C@H](COC)[C@H]1OP(=O)(O)O. The van der Waals surface area contributed by atoms with Gasteiger partial charge >= 0.3 is 31.7 Å². The van der Waals surface area contributed by atoms with Crippen LogP contribution in [0.3, 0.4) is 0 Å². The highest BCUT2D eigenvalue weighted by molar-refractivity contribution is 7.46. The maximum atomic E-state index is 14.4. The van der Waals surface area contributed by atoms with Gasteiger partial charge in [0.2, 0.25) is 11.8 Å². The molecule has 2 aliphatic heterocycles. The summed E-state index contributed by atoms with van der Waals surface area (Å²) in [7, 11) is -4.21. The largest absolute Gasteiger partial charge is 0.479 e. The van der Waals surface area contributed by atoms with Crippen molar-refractivity contribution in [1.82, 2.24) is 10.6 Å². The van der Waals surface area contributed by atoms with E-state index >= 15 is 0 Å². The predicted molar refractivity (Wildman–Crippen MR) is 367 cm³/mol. The van der Waals surface area contributed by atoms with E-state index in [1.807, 2.05) is 0 Å². The Balaban J connectivity index is 2.45. The Morgan fingerprint density at radius 3 is 1.33 bits per heavy atom. The van der Waals surface area contributed by atoms with Gasteiger partial charge in [-0.25, -0.2) is 9.36 Å². The molecule has 96 heavy (non-hydrogen) atoms. The summed E-state index contributed by atoms with van der Waals surface area (Å²) in [5, 5.41) is 50.0. The number of hydrogen-bond acceptors (Lipinski definition) is 18. The minimum Gasteiger partial charge on any atom is -0.479 e. The third-order valence-corrected chi connectivity index (χ3v) is 18.8. The minimum absolute atomic E-state index is 0.137. The van der Waals surface area contributed by atoms with Crippen LogP contribution in [0.5, 0.6) is 0 Å². The molecule has 0 aromatic heterocycles.